The Hall–Kier alpha value is -2.54. The van der Waals surface area contributed by atoms with Crippen molar-refractivity contribution in [2.24, 2.45) is 0 Å². The van der Waals surface area contributed by atoms with E-state index < -0.39 is 0 Å². The van der Waals surface area contributed by atoms with Gasteiger partial charge in [0, 0.05) is 17.1 Å². The van der Waals surface area contributed by atoms with E-state index >= 15 is 0 Å². The summed E-state index contributed by atoms with van der Waals surface area (Å²) in [5, 5.41) is 0. The van der Waals surface area contributed by atoms with Crippen LogP contribution >= 0.6 is 0 Å². The Kier molecular flexibility index (Phi) is 2.95. The van der Waals surface area contributed by atoms with Crippen LogP contribution in [0.1, 0.15) is 1.37 Å². The molecule has 3 aromatic rings. The minimum absolute atomic E-state index is 0.523. The van der Waals surface area contributed by atoms with Gasteiger partial charge in [-0.3, -0.25) is 0 Å². The number of hydrogen-bond acceptors (Lipinski definition) is 1. The van der Waals surface area contributed by atoms with Gasteiger partial charge in [0.05, 0.1) is 1.37 Å². The first-order valence-corrected chi connectivity index (χ1v) is 6.31. The molecular formula is C18H15N. The first kappa shape index (κ1) is 10.4. The Labute approximate surface area is 115 Å². The lowest BCUT2D eigenvalue weighted by atomic mass is 10.2. The van der Waals surface area contributed by atoms with Crippen molar-refractivity contribution in [2.75, 3.05) is 4.90 Å². The van der Waals surface area contributed by atoms with E-state index in [0.717, 1.165) is 17.1 Å². The van der Waals surface area contributed by atoms with Gasteiger partial charge in [-0.1, -0.05) is 54.6 Å². The van der Waals surface area contributed by atoms with Gasteiger partial charge in [-0.05, 0) is 36.4 Å². The summed E-state index contributed by atoms with van der Waals surface area (Å²) < 4.78 is 7.62. The fraction of sp³-hybridized carbons (Fsp3) is 0. The number of para-hydroxylation sites is 3. The van der Waals surface area contributed by atoms with Gasteiger partial charge in [0.2, 0.25) is 0 Å². The minimum atomic E-state index is 0.523. The second-order valence-corrected chi connectivity index (χ2v) is 4.26. The highest BCUT2D eigenvalue weighted by atomic mass is 15.1. The second kappa shape index (κ2) is 5.40. The fourth-order valence-electron chi connectivity index (χ4n) is 2.13. The summed E-state index contributed by atoms with van der Waals surface area (Å²) in [6, 6.07) is 28.6. The minimum Gasteiger partial charge on any atom is -0.311 e. The monoisotopic (exact) mass is 247 g/mol. The fourth-order valence-corrected chi connectivity index (χ4v) is 2.13. The van der Waals surface area contributed by atoms with Crippen LogP contribution in [0, 0.1) is 0 Å². The molecule has 0 aliphatic rings. The van der Waals surface area contributed by atoms with Crippen molar-refractivity contribution >= 4 is 17.1 Å². The molecule has 19 heavy (non-hydrogen) atoms. The quantitative estimate of drug-likeness (QED) is 0.618. The number of benzene rings is 3. The highest BCUT2D eigenvalue weighted by Crippen LogP contribution is 2.33. The first-order chi connectivity index (χ1) is 9.84. The zero-order chi connectivity index (χ0) is 13.8. The molecule has 0 unspecified atom stereocenters. The Balaban J connectivity index is 2.11. The van der Waals surface area contributed by atoms with E-state index in [1.807, 2.05) is 60.7 Å². The highest BCUT2D eigenvalue weighted by Gasteiger charge is 2.10. The highest BCUT2D eigenvalue weighted by molar-refractivity contribution is 5.76. The van der Waals surface area contributed by atoms with Gasteiger partial charge in [-0.25, -0.2) is 0 Å². The van der Waals surface area contributed by atoms with E-state index in [2.05, 4.69) is 29.2 Å². The molecule has 0 saturated heterocycles. The molecule has 0 N–H and O–H groups in total. The second-order valence-electron chi connectivity index (χ2n) is 4.26. The third kappa shape index (κ3) is 2.50. The Morgan fingerprint density at radius 1 is 0.526 bits per heavy atom. The number of rotatable bonds is 3. The van der Waals surface area contributed by atoms with Gasteiger partial charge in [-0.15, -0.1) is 0 Å². The van der Waals surface area contributed by atoms with E-state index in [0.29, 0.717) is 6.04 Å². The summed E-state index contributed by atoms with van der Waals surface area (Å²) in [6.45, 7) is 0. The molecule has 1 nitrogen and oxygen atoms in total. The van der Waals surface area contributed by atoms with Crippen LogP contribution in [-0.2, 0) is 0 Å². The largest absolute Gasteiger partial charge is 0.311 e. The van der Waals surface area contributed by atoms with Gasteiger partial charge in [0.25, 0.3) is 0 Å². The third-order valence-electron chi connectivity index (χ3n) is 2.99. The van der Waals surface area contributed by atoms with E-state index in [-0.39, 0.29) is 0 Å². The molecule has 0 radical (unpaired) electrons. The lowest BCUT2D eigenvalue weighted by molar-refractivity contribution is 1.28. The van der Waals surface area contributed by atoms with Crippen LogP contribution in [0.2, 0.25) is 0 Å². The molecule has 3 aromatic carbocycles. The molecule has 0 atom stereocenters. The zero-order valence-corrected chi connectivity index (χ0v) is 10.5. The molecule has 0 saturated carbocycles. The first-order valence-electron chi connectivity index (χ1n) is 6.81. The Morgan fingerprint density at radius 3 is 1.32 bits per heavy atom. The Bertz CT molecular complexity index is 623. The summed E-state index contributed by atoms with van der Waals surface area (Å²) in [5.74, 6) is 0. The van der Waals surface area contributed by atoms with E-state index in [4.69, 9.17) is 1.37 Å². The molecule has 0 aliphatic heterocycles. The van der Waals surface area contributed by atoms with Crippen LogP contribution < -0.4 is 4.90 Å². The van der Waals surface area contributed by atoms with Gasteiger partial charge in [-0.2, -0.15) is 0 Å². The van der Waals surface area contributed by atoms with Crippen LogP contribution in [0.25, 0.3) is 0 Å². The zero-order valence-electron chi connectivity index (χ0n) is 11.5. The molecule has 0 amide bonds. The van der Waals surface area contributed by atoms with Gasteiger partial charge >= 0.3 is 0 Å². The summed E-state index contributed by atoms with van der Waals surface area (Å²) in [7, 11) is 0. The average molecular weight is 247 g/mol. The maximum Gasteiger partial charge on any atom is 0.0623 e. The van der Waals surface area contributed by atoms with E-state index in [1.54, 1.807) is 0 Å². The smallest absolute Gasteiger partial charge is 0.0623 e. The maximum absolute atomic E-state index is 7.62. The molecule has 1 heteroatoms. The average Bonchev–Trinajstić information content (AvgIpc) is 2.52. The third-order valence-corrected chi connectivity index (χ3v) is 2.99. The summed E-state index contributed by atoms with van der Waals surface area (Å²) in [6.07, 6.45) is 0. The van der Waals surface area contributed by atoms with Gasteiger partial charge < -0.3 is 4.90 Å². The Morgan fingerprint density at radius 2 is 0.895 bits per heavy atom. The lowest BCUT2D eigenvalue weighted by Gasteiger charge is -2.25. The van der Waals surface area contributed by atoms with Crippen LogP contribution in [0.3, 0.4) is 0 Å². The number of anilines is 3. The predicted molar refractivity (Wildman–Crippen MR) is 81.1 cm³/mol. The van der Waals surface area contributed by atoms with Crippen LogP contribution in [0.4, 0.5) is 17.1 Å². The van der Waals surface area contributed by atoms with Crippen molar-refractivity contribution in [3.05, 3.63) is 91.0 Å². The normalized spacial score (nSPS) is 10.8. The standard InChI is InChI=1S/C18H15N/c1-4-10-16(11-5-1)19(17-12-6-2-7-13-17)18-14-8-3-9-15-18/h1-15H/i1T. The van der Waals surface area contributed by atoms with Gasteiger partial charge in [0.1, 0.15) is 0 Å². The lowest BCUT2D eigenvalue weighted by Crippen LogP contribution is -2.09. The number of nitrogens with zero attached hydrogens (tertiary/aromatic N) is 1. The molecule has 0 fully saturated rings. The van der Waals surface area contributed by atoms with E-state index in [9.17, 15) is 0 Å². The molecule has 0 aromatic heterocycles. The van der Waals surface area contributed by atoms with Crippen LogP contribution in [0.5, 0.6) is 0 Å². The molecule has 0 heterocycles. The summed E-state index contributed by atoms with van der Waals surface area (Å²) in [4.78, 5) is 2.18. The van der Waals surface area contributed by atoms with Crippen LogP contribution in [0.15, 0.2) is 91.0 Å². The van der Waals surface area contributed by atoms with Gasteiger partial charge in [0.15, 0.2) is 0 Å². The summed E-state index contributed by atoms with van der Waals surface area (Å²) in [5.41, 5.74) is 3.27. The maximum atomic E-state index is 7.62. The SMILES string of the molecule is [3H]c1ccc(N(c2ccccc2)c2ccccc2)cc1. The van der Waals surface area contributed by atoms with Crippen molar-refractivity contribution in [1.29, 1.82) is 0 Å². The number of hydrogen-bond donors (Lipinski definition) is 0. The van der Waals surface area contributed by atoms with E-state index in [1.165, 1.54) is 0 Å². The topological polar surface area (TPSA) is 3.24 Å². The van der Waals surface area contributed by atoms with Crippen molar-refractivity contribution < 1.29 is 1.37 Å². The summed E-state index contributed by atoms with van der Waals surface area (Å²) >= 11 is 0. The molecule has 0 spiro atoms. The molecular weight excluding hydrogens is 230 g/mol. The van der Waals surface area contributed by atoms with Crippen molar-refractivity contribution in [3.8, 4) is 0 Å². The van der Waals surface area contributed by atoms with Crippen molar-refractivity contribution in [1.82, 2.24) is 0 Å². The van der Waals surface area contributed by atoms with Crippen molar-refractivity contribution in [2.45, 2.75) is 0 Å². The predicted octanol–water partition coefficient (Wildman–Crippen LogP) is 5.16. The van der Waals surface area contributed by atoms with Crippen molar-refractivity contribution in [3.63, 3.8) is 0 Å². The molecule has 3 rings (SSSR count). The molecule has 92 valence electrons. The molecule has 0 bridgehead atoms. The molecule has 0 aliphatic carbocycles. The van der Waals surface area contributed by atoms with Crippen LogP contribution in [-0.4, -0.2) is 0 Å².